The van der Waals surface area contributed by atoms with Gasteiger partial charge >= 0.3 is 0 Å². The number of thiazole rings is 1. The van der Waals surface area contributed by atoms with Crippen LogP contribution in [0.3, 0.4) is 0 Å². The summed E-state index contributed by atoms with van der Waals surface area (Å²) in [6, 6.07) is 5.10. The number of ether oxygens (including phenoxy) is 1. The Balaban J connectivity index is 2.38. The van der Waals surface area contributed by atoms with Crippen molar-refractivity contribution in [2.45, 2.75) is 13.0 Å². The number of hydrogen-bond acceptors (Lipinski definition) is 5. The van der Waals surface area contributed by atoms with Crippen LogP contribution < -0.4 is 10.5 Å². The summed E-state index contributed by atoms with van der Waals surface area (Å²) in [6.07, 6.45) is 0. The average molecular weight is 250 g/mol. The molecule has 4 nitrogen and oxygen atoms in total. The lowest BCUT2D eigenvalue weighted by atomic mass is 10.2. The first-order valence-electron chi connectivity index (χ1n) is 5.20. The number of benzene rings is 1. The summed E-state index contributed by atoms with van der Waals surface area (Å²) < 4.78 is 5.06. The van der Waals surface area contributed by atoms with E-state index >= 15 is 0 Å². The van der Waals surface area contributed by atoms with Crippen LogP contribution >= 0.6 is 11.3 Å². The van der Waals surface area contributed by atoms with Gasteiger partial charge in [0.15, 0.2) is 11.5 Å². The zero-order valence-corrected chi connectivity index (χ0v) is 10.5. The molecule has 2 rings (SSSR count). The second-order valence-corrected chi connectivity index (χ2v) is 4.61. The molecule has 0 spiro atoms. The zero-order chi connectivity index (χ0) is 12.4. The Labute approximate surface area is 104 Å². The van der Waals surface area contributed by atoms with Crippen molar-refractivity contribution in [3.05, 3.63) is 29.3 Å². The number of phenols is 1. The smallest absolute Gasteiger partial charge is 0.161 e. The third kappa shape index (κ3) is 2.40. The standard InChI is InChI=1S/C12H14N2O2S/c1-7(13)9-6-17-12(14-9)8-3-4-10(15)11(5-8)16-2/h3-7,15H,13H2,1-2H3. The molecule has 5 heteroatoms. The van der Waals surface area contributed by atoms with E-state index in [1.165, 1.54) is 18.4 Å². The van der Waals surface area contributed by atoms with Gasteiger partial charge in [-0.2, -0.15) is 0 Å². The van der Waals surface area contributed by atoms with Gasteiger partial charge in [-0.25, -0.2) is 4.98 Å². The summed E-state index contributed by atoms with van der Waals surface area (Å²) in [6.45, 7) is 1.90. The van der Waals surface area contributed by atoms with E-state index in [1.54, 1.807) is 12.1 Å². The highest BCUT2D eigenvalue weighted by atomic mass is 32.1. The van der Waals surface area contributed by atoms with Crippen LogP contribution in [-0.2, 0) is 0 Å². The number of phenolic OH excluding ortho intramolecular Hbond substituents is 1. The quantitative estimate of drug-likeness (QED) is 0.878. The lowest BCUT2D eigenvalue weighted by Gasteiger charge is -2.04. The van der Waals surface area contributed by atoms with Crippen molar-refractivity contribution in [2.24, 2.45) is 5.73 Å². The maximum absolute atomic E-state index is 9.51. The third-order valence-corrected chi connectivity index (χ3v) is 3.32. The van der Waals surface area contributed by atoms with Gasteiger partial charge < -0.3 is 15.6 Å². The number of methoxy groups -OCH3 is 1. The molecule has 0 bridgehead atoms. The molecule has 1 heterocycles. The van der Waals surface area contributed by atoms with Crippen LogP contribution in [0.15, 0.2) is 23.6 Å². The normalized spacial score (nSPS) is 12.4. The van der Waals surface area contributed by atoms with Gasteiger partial charge in [0.1, 0.15) is 5.01 Å². The Kier molecular flexibility index (Phi) is 3.31. The van der Waals surface area contributed by atoms with Crippen LogP contribution in [0.1, 0.15) is 18.7 Å². The molecule has 0 fully saturated rings. The molecule has 1 aromatic heterocycles. The van der Waals surface area contributed by atoms with Gasteiger partial charge in [0.2, 0.25) is 0 Å². The topological polar surface area (TPSA) is 68.4 Å². The van der Waals surface area contributed by atoms with Gasteiger partial charge in [-0.3, -0.25) is 0 Å². The Morgan fingerprint density at radius 1 is 1.47 bits per heavy atom. The van der Waals surface area contributed by atoms with Gasteiger partial charge in [-0.1, -0.05) is 0 Å². The van der Waals surface area contributed by atoms with Crippen molar-refractivity contribution < 1.29 is 9.84 Å². The van der Waals surface area contributed by atoms with E-state index in [9.17, 15) is 5.11 Å². The van der Waals surface area contributed by atoms with E-state index in [0.717, 1.165) is 16.3 Å². The maximum atomic E-state index is 9.51. The Morgan fingerprint density at radius 3 is 2.82 bits per heavy atom. The Bertz CT molecular complexity index is 523. The number of rotatable bonds is 3. The largest absolute Gasteiger partial charge is 0.504 e. The minimum atomic E-state index is -0.0704. The summed E-state index contributed by atoms with van der Waals surface area (Å²) in [5.41, 5.74) is 7.55. The summed E-state index contributed by atoms with van der Waals surface area (Å²) in [7, 11) is 1.52. The predicted molar refractivity (Wildman–Crippen MR) is 68.4 cm³/mol. The molecule has 2 aromatic rings. The summed E-state index contributed by atoms with van der Waals surface area (Å²) in [4.78, 5) is 4.44. The van der Waals surface area contributed by atoms with Crippen molar-refractivity contribution >= 4 is 11.3 Å². The Morgan fingerprint density at radius 2 is 2.24 bits per heavy atom. The lowest BCUT2D eigenvalue weighted by molar-refractivity contribution is 0.373. The van der Waals surface area contributed by atoms with Crippen LogP contribution in [0.25, 0.3) is 10.6 Å². The fourth-order valence-electron chi connectivity index (χ4n) is 1.44. The molecule has 17 heavy (non-hydrogen) atoms. The molecular weight excluding hydrogens is 236 g/mol. The van der Waals surface area contributed by atoms with E-state index in [1.807, 2.05) is 18.4 Å². The molecule has 0 aliphatic heterocycles. The fourth-order valence-corrected chi connectivity index (χ4v) is 2.36. The molecule has 0 aliphatic carbocycles. The summed E-state index contributed by atoms with van der Waals surface area (Å²) in [5.74, 6) is 0.570. The SMILES string of the molecule is COc1cc(-c2nc(C(C)N)cs2)ccc1O. The monoisotopic (exact) mass is 250 g/mol. The molecule has 0 aliphatic rings. The molecule has 90 valence electrons. The molecule has 3 N–H and O–H groups in total. The highest BCUT2D eigenvalue weighted by Gasteiger charge is 2.10. The highest BCUT2D eigenvalue weighted by Crippen LogP contribution is 2.33. The number of aromatic nitrogens is 1. The fraction of sp³-hybridized carbons (Fsp3) is 0.250. The number of nitrogens with zero attached hydrogens (tertiary/aromatic N) is 1. The first-order valence-corrected chi connectivity index (χ1v) is 6.08. The molecule has 0 saturated heterocycles. The molecule has 0 amide bonds. The van der Waals surface area contributed by atoms with Crippen LogP contribution in [0.2, 0.25) is 0 Å². The molecule has 0 radical (unpaired) electrons. The van der Waals surface area contributed by atoms with E-state index in [-0.39, 0.29) is 11.8 Å². The molecule has 1 aromatic carbocycles. The highest BCUT2D eigenvalue weighted by molar-refractivity contribution is 7.13. The molecule has 1 unspecified atom stereocenters. The van der Waals surface area contributed by atoms with Crippen LogP contribution in [-0.4, -0.2) is 17.2 Å². The minimum absolute atomic E-state index is 0.0704. The van der Waals surface area contributed by atoms with E-state index < -0.39 is 0 Å². The van der Waals surface area contributed by atoms with Gasteiger partial charge in [0.25, 0.3) is 0 Å². The van der Waals surface area contributed by atoms with Crippen molar-refractivity contribution in [3.63, 3.8) is 0 Å². The van der Waals surface area contributed by atoms with Crippen LogP contribution in [0.5, 0.6) is 11.5 Å². The van der Waals surface area contributed by atoms with Crippen molar-refractivity contribution in [1.29, 1.82) is 0 Å². The second-order valence-electron chi connectivity index (χ2n) is 3.75. The van der Waals surface area contributed by atoms with Gasteiger partial charge in [-0.15, -0.1) is 11.3 Å². The predicted octanol–water partition coefficient (Wildman–Crippen LogP) is 2.54. The summed E-state index contributed by atoms with van der Waals surface area (Å²) in [5, 5.41) is 12.3. The van der Waals surface area contributed by atoms with E-state index in [4.69, 9.17) is 10.5 Å². The molecular formula is C12H14N2O2S. The van der Waals surface area contributed by atoms with Gasteiger partial charge in [0.05, 0.1) is 12.8 Å². The maximum Gasteiger partial charge on any atom is 0.161 e. The number of aromatic hydroxyl groups is 1. The van der Waals surface area contributed by atoms with E-state index in [2.05, 4.69) is 4.98 Å². The first kappa shape index (κ1) is 11.9. The van der Waals surface area contributed by atoms with Gasteiger partial charge in [0, 0.05) is 17.0 Å². The minimum Gasteiger partial charge on any atom is -0.504 e. The number of hydrogen-bond donors (Lipinski definition) is 2. The lowest BCUT2D eigenvalue weighted by Crippen LogP contribution is -2.04. The molecule has 1 atom stereocenters. The second kappa shape index (κ2) is 4.73. The van der Waals surface area contributed by atoms with Crippen LogP contribution in [0.4, 0.5) is 0 Å². The molecule has 0 saturated carbocycles. The Hall–Kier alpha value is -1.59. The third-order valence-electron chi connectivity index (χ3n) is 2.42. The average Bonchev–Trinajstić information content (AvgIpc) is 2.79. The van der Waals surface area contributed by atoms with E-state index in [0.29, 0.717) is 5.75 Å². The first-order chi connectivity index (χ1) is 8.11. The van der Waals surface area contributed by atoms with Gasteiger partial charge in [-0.05, 0) is 25.1 Å². The summed E-state index contributed by atoms with van der Waals surface area (Å²) >= 11 is 1.53. The van der Waals surface area contributed by atoms with Crippen LogP contribution in [0, 0.1) is 0 Å². The number of nitrogens with two attached hydrogens (primary N) is 1. The van der Waals surface area contributed by atoms with Crippen molar-refractivity contribution in [3.8, 4) is 22.1 Å². The van der Waals surface area contributed by atoms with Crippen molar-refractivity contribution in [2.75, 3.05) is 7.11 Å². The van der Waals surface area contributed by atoms with Crippen molar-refractivity contribution in [1.82, 2.24) is 4.98 Å². The zero-order valence-electron chi connectivity index (χ0n) is 9.68.